The SMILES string of the molecule is CC1(C)Nc2[nH+]c(N)[nH]c(=O)c2N=C1C(=O)NN1CCN(CCCCCC2=C(O)C(O)C([n+]3c[nH]c4c(N)ncnc43)O2)C(C(=O)O)C1. The van der Waals surface area contributed by atoms with E-state index >= 15 is 0 Å². The van der Waals surface area contributed by atoms with Gasteiger partial charge in [0.1, 0.15) is 23.1 Å². The van der Waals surface area contributed by atoms with Crippen LogP contribution in [0.2, 0.25) is 0 Å². The molecule has 0 aromatic carbocycles. The van der Waals surface area contributed by atoms with E-state index in [9.17, 15) is 29.7 Å². The van der Waals surface area contributed by atoms with Crippen molar-refractivity contribution in [3.63, 3.8) is 0 Å². The second kappa shape index (κ2) is 12.7. The van der Waals surface area contributed by atoms with Crippen LogP contribution in [0.4, 0.5) is 23.3 Å². The van der Waals surface area contributed by atoms with Crippen LogP contribution in [0.1, 0.15) is 45.8 Å². The Morgan fingerprint density at radius 3 is 2.79 bits per heavy atom. The molecule has 1 saturated heterocycles. The largest absolute Gasteiger partial charge is 0.506 e. The van der Waals surface area contributed by atoms with E-state index in [2.05, 4.69) is 40.7 Å². The highest BCUT2D eigenvalue weighted by molar-refractivity contribution is 6.43. The van der Waals surface area contributed by atoms with Crippen LogP contribution in [0.15, 0.2) is 34.0 Å². The molecule has 1 fully saturated rings. The molecule has 0 radical (unpaired) electrons. The summed E-state index contributed by atoms with van der Waals surface area (Å²) >= 11 is 0. The lowest BCUT2D eigenvalue weighted by atomic mass is 9.95. The van der Waals surface area contributed by atoms with Crippen LogP contribution < -0.4 is 37.3 Å². The average molecular weight is 670 g/mol. The Morgan fingerprint density at radius 2 is 2.02 bits per heavy atom. The van der Waals surface area contributed by atoms with Gasteiger partial charge in [0.25, 0.3) is 12.1 Å². The molecule has 3 aliphatic heterocycles. The number of nitrogens with zero attached hydrogens (tertiary/aromatic N) is 6. The lowest BCUT2D eigenvalue weighted by molar-refractivity contribution is -0.742. The number of hydrogen-bond donors (Lipinski definition) is 9. The molecular weight excluding hydrogens is 630 g/mol. The van der Waals surface area contributed by atoms with Crippen molar-refractivity contribution < 1.29 is 39.2 Å². The smallest absolute Gasteiger partial charge is 0.324 e. The van der Waals surface area contributed by atoms with E-state index < -0.39 is 41.3 Å². The standard InChI is InChI=1S/C28H37N13O7/c1-28(2)19(34-16-21(37-28)35-27(30)36-23(16)44)24(45)38-40-9-8-39(13(10-40)26(46)47)7-5-3-4-6-14-17(42)18(43)25(48-14)41-12-33-15-20(29)31-11-32-22(15)41/h11-13,18,25,43H,3-10H2,1-2H3,(H9,29,30,31,32,35,36,37,38,42,44,45,46,47)/p+2. The van der Waals surface area contributed by atoms with Crippen molar-refractivity contribution in [2.45, 2.75) is 63.4 Å². The monoisotopic (exact) mass is 669 g/mol. The molecule has 0 aliphatic carbocycles. The molecule has 6 heterocycles. The summed E-state index contributed by atoms with van der Waals surface area (Å²) in [7, 11) is 0. The maximum Gasteiger partial charge on any atom is 0.324 e. The van der Waals surface area contributed by atoms with Crippen molar-refractivity contribution in [3.8, 4) is 0 Å². The van der Waals surface area contributed by atoms with Gasteiger partial charge in [-0.3, -0.25) is 29.7 Å². The number of nitrogens with two attached hydrogens (primary N) is 2. The third kappa shape index (κ3) is 6.19. The fourth-order valence-corrected chi connectivity index (χ4v) is 6.15. The number of aliphatic imine (C=N–C) groups is 1. The van der Waals surface area contributed by atoms with E-state index in [1.165, 1.54) is 6.33 Å². The Kier molecular flexibility index (Phi) is 8.62. The lowest BCUT2D eigenvalue weighted by Gasteiger charge is -2.39. The molecule has 6 rings (SSSR count). The number of H-pyrrole nitrogens is 3. The number of hydrazine groups is 1. The van der Waals surface area contributed by atoms with Crippen LogP contribution >= 0.6 is 0 Å². The normalized spacial score (nSPS) is 22.6. The predicted molar refractivity (Wildman–Crippen MR) is 168 cm³/mol. The number of aromatic amines is 3. The number of amides is 1. The summed E-state index contributed by atoms with van der Waals surface area (Å²) in [6.07, 6.45) is 3.00. The van der Waals surface area contributed by atoms with E-state index in [0.717, 1.165) is 0 Å². The lowest BCUT2D eigenvalue weighted by Crippen LogP contribution is -2.62. The highest BCUT2D eigenvalue weighted by Crippen LogP contribution is 2.32. The Balaban J connectivity index is 0.995. The van der Waals surface area contributed by atoms with Gasteiger partial charge in [-0.05, 0) is 33.2 Å². The molecular formula is C28H39N13O7+2. The Hall–Kier alpha value is -5.34. The molecule has 3 aromatic heterocycles. The number of carboxylic acid groups (broad SMARTS) is 1. The van der Waals surface area contributed by atoms with Gasteiger partial charge in [-0.2, -0.15) is 9.55 Å². The minimum atomic E-state index is -1.29. The van der Waals surface area contributed by atoms with E-state index in [0.29, 0.717) is 56.5 Å². The van der Waals surface area contributed by atoms with Crippen molar-refractivity contribution in [3.05, 3.63) is 34.5 Å². The third-order valence-corrected chi connectivity index (χ3v) is 8.64. The highest BCUT2D eigenvalue weighted by atomic mass is 16.5. The van der Waals surface area contributed by atoms with Crippen molar-refractivity contribution in [1.29, 1.82) is 0 Å². The molecule has 12 N–H and O–H groups in total. The average Bonchev–Trinajstić information content (AvgIpc) is 3.57. The first kappa shape index (κ1) is 32.6. The number of carboxylic acids is 1. The van der Waals surface area contributed by atoms with Gasteiger partial charge in [-0.25, -0.2) is 20.0 Å². The molecule has 256 valence electrons. The summed E-state index contributed by atoms with van der Waals surface area (Å²) in [4.78, 5) is 60.3. The number of piperazine rings is 1. The number of aliphatic carboxylic acids is 1. The molecule has 20 heteroatoms. The zero-order valence-electron chi connectivity index (χ0n) is 26.4. The fraction of sp³-hybridized carbons (Fsp3) is 0.500. The van der Waals surface area contributed by atoms with Crippen LogP contribution in [-0.4, -0.2) is 107 Å². The number of carbonyl (C=O) groups excluding carboxylic acids is 1. The summed E-state index contributed by atoms with van der Waals surface area (Å²) in [5.74, 6) is -0.978. The molecule has 1 amide bonds. The number of aromatic nitrogens is 6. The minimum Gasteiger partial charge on any atom is -0.506 e. The van der Waals surface area contributed by atoms with E-state index in [1.54, 1.807) is 29.8 Å². The molecule has 0 bridgehead atoms. The number of allylic oxidation sites excluding steroid dienone is 1. The van der Waals surface area contributed by atoms with Gasteiger partial charge in [0.15, 0.2) is 30.3 Å². The summed E-state index contributed by atoms with van der Waals surface area (Å²) in [5, 5.41) is 35.8. The van der Waals surface area contributed by atoms with Crippen LogP contribution in [0.5, 0.6) is 0 Å². The van der Waals surface area contributed by atoms with Crippen molar-refractivity contribution in [2.75, 3.05) is 43.0 Å². The molecule has 3 atom stereocenters. The summed E-state index contributed by atoms with van der Waals surface area (Å²) in [5.41, 5.74) is 13.7. The van der Waals surface area contributed by atoms with Gasteiger partial charge < -0.3 is 36.8 Å². The third-order valence-electron chi connectivity index (χ3n) is 8.64. The van der Waals surface area contributed by atoms with Gasteiger partial charge in [-0.1, -0.05) is 11.4 Å². The van der Waals surface area contributed by atoms with Gasteiger partial charge in [0.05, 0.1) is 0 Å². The van der Waals surface area contributed by atoms with Gasteiger partial charge >= 0.3 is 23.1 Å². The highest BCUT2D eigenvalue weighted by Gasteiger charge is 2.42. The Labute approximate surface area is 272 Å². The maximum absolute atomic E-state index is 13.3. The van der Waals surface area contributed by atoms with Crippen molar-refractivity contribution >= 4 is 52.0 Å². The molecule has 3 unspecified atom stereocenters. The first-order valence-electron chi connectivity index (χ1n) is 15.4. The number of unbranched alkanes of at least 4 members (excludes halogenated alkanes) is 2. The van der Waals surface area contributed by atoms with E-state index in [1.807, 2.05) is 4.90 Å². The van der Waals surface area contributed by atoms with Gasteiger partial charge in [0.2, 0.25) is 17.0 Å². The van der Waals surface area contributed by atoms with Gasteiger partial charge in [0, 0.05) is 26.1 Å². The summed E-state index contributed by atoms with van der Waals surface area (Å²) in [6, 6.07) is -0.869. The molecule has 3 aromatic rings. The molecule has 3 aliphatic rings. The van der Waals surface area contributed by atoms with Crippen molar-refractivity contribution in [1.82, 2.24) is 35.3 Å². The molecule has 20 nitrogen and oxygen atoms in total. The van der Waals surface area contributed by atoms with Crippen LogP contribution in [-0.2, 0) is 14.3 Å². The maximum atomic E-state index is 13.3. The quantitative estimate of drug-likeness (QED) is 0.0851. The zero-order chi connectivity index (χ0) is 34.3. The molecule has 0 saturated carbocycles. The van der Waals surface area contributed by atoms with E-state index in [4.69, 9.17) is 16.2 Å². The Morgan fingerprint density at radius 1 is 1.23 bits per heavy atom. The minimum absolute atomic E-state index is 0.0160. The number of aliphatic hydroxyl groups is 2. The number of nitrogen functional groups attached to an aromatic ring is 2. The topological polar surface area (TPSA) is 291 Å². The number of anilines is 3. The zero-order valence-corrected chi connectivity index (χ0v) is 26.4. The summed E-state index contributed by atoms with van der Waals surface area (Å²) in [6.45, 7) is 4.76. The second-order valence-corrected chi connectivity index (χ2v) is 12.4. The van der Waals surface area contributed by atoms with Crippen LogP contribution in [0.3, 0.4) is 0 Å². The van der Waals surface area contributed by atoms with Gasteiger partial charge in [-0.15, -0.1) is 0 Å². The van der Waals surface area contributed by atoms with Crippen LogP contribution in [0.25, 0.3) is 11.2 Å². The number of rotatable bonds is 10. The molecule has 48 heavy (non-hydrogen) atoms. The number of imidazole rings is 1. The predicted octanol–water partition coefficient (Wildman–Crippen LogP) is -1.79. The number of nitrogens with one attached hydrogen (secondary N) is 5. The second-order valence-electron chi connectivity index (χ2n) is 12.4. The first-order chi connectivity index (χ1) is 22.8. The number of aliphatic hydroxyl groups excluding tert-OH is 2. The summed E-state index contributed by atoms with van der Waals surface area (Å²) < 4.78 is 7.46. The van der Waals surface area contributed by atoms with Crippen LogP contribution in [0, 0.1) is 0 Å². The van der Waals surface area contributed by atoms with E-state index in [-0.39, 0.29) is 47.0 Å². The Bertz CT molecular complexity index is 1870. The molecule has 0 spiro atoms. The first-order valence-corrected chi connectivity index (χ1v) is 15.4. The number of ether oxygens (including phenoxy) is 1. The number of carbonyl (C=O) groups is 2. The fourth-order valence-electron chi connectivity index (χ4n) is 6.15. The van der Waals surface area contributed by atoms with Crippen molar-refractivity contribution in [2.24, 2.45) is 4.99 Å². The number of fused-ring (bicyclic) bond motifs is 2. The number of hydrogen-bond acceptors (Lipinski definition) is 14.